The summed E-state index contributed by atoms with van der Waals surface area (Å²) in [5, 5.41) is 21.5. The summed E-state index contributed by atoms with van der Waals surface area (Å²) in [6.45, 7) is 9.01. The van der Waals surface area contributed by atoms with Crippen molar-refractivity contribution in [3.63, 3.8) is 0 Å². The van der Waals surface area contributed by atoms with Gasteiger partial charge in [-0.2, -0.15) is 0 Å². The van der Waals surface area contributed by atoms with Gasteiger partial charge in [0.25, 0.3) is 0 Å². The van der Waals surface area contributed by atoms with Gasteiger partial charge in [0.15, 0.2) is 0 Å². The molecule has 1 aliphatic rings. The molecule has 2 aromatic carbocycles. The first-order valence-electron chi connectivity index (χ1n) is 18.9. The molecule has 4 atom stereocenters. The summed E-state index contributed by atoms with van der Waals surface area (Å²) in [5.41, 5.74) is 6.70. The first-order valence-corrected chi connectivity index (χ1v) is 18.9. The lowest BCUT2D eigenvalue weighted by Crippen LogP contribution is -2.60. The number of nitrogens with zero attached hydrogens (tertiary/aromatic N) is 1. The van der Waals surface area contributed by atoms with Crippen LogP contribution in [0.1, 0.15) is 96.1 Å². The number of carbonyl (C=O) groups is 5. The lowest BCUT2D eigenvalue weighted by atomic mass is 9.88. The van der Waals surface area contributed by atoms with E-state index in [9.17, 15) is 29.1 Å². The number of nitrogens with one attached hydrogen (secondary N) is 4. The van der Waals surface area contributed by atoms with Gasteiger partial charge in [0.1, 0.15) is 23.7 Å². The maximum absolute atomic E-state index is 13.9. The number of nitrogens with two attached hydrogens (primary N) is 1. The Morgan fingerprint density at radius 3 is 2.00 bits per heavy atom. The van der Waals surface area contributed by atoms with Crippen molar-refractivity contribution in [1.82, 2.24) is 26.2 Å². The zero-order chi connectivity index (χ0) is 38.1. The van der Waals surface area contributed by atoms with E-state index in [0.29, 0.717) is 25.8 Å². The number of hydrogen-bond donors (Lipinski definition) is 6. The van der Waals surface area contributed by atoms with E-state index in [0.717, 1.165) is 24.8 Å². The molecule has 1 fully saturated rings. The maximum atomic E-state index is 13.9. The maximum Gasteiger partial charge on any atom is 0.323 e. The highest BCUT2D eigenvalue weighted by Crippen LogP contribution is 2.22. The van der Waals surface area contributed by atoms with Crippen LogP contribution in [0.5, 0.6) is 0 Å². The van der Waals surface area contributed by atoms with Crippen LogP contribution < -0.4 is 27.0 Å². The van der Waals surface area contributed by atoms with Gasteiger partial charge >= 0.3 is 5.97 Å². The minimum absolute atomic E-state index is 0.0214. The second-order valence-electron chi connectivity index (χ2n) is 14.5. The van der Waals surface area contributed by atoms with Crippen molar-refractivity contribution in [3.05, 3.63) is 71.8 Å². The van der Waals surface area contributed by atoms with Crippen LogP contribution in [0.4, 0.5) is 0 Å². The molecule has 12 nitrogen and oxygen atoms in total. The molecule has 0 bridgehead atoms. The number of carboxylic acid groups (broad SMARTS) is 1. The van der Waals surface area contributed by atoms with E-state index in [2.05, 4.69) is 40.3 Å². The standard InChI is InChI=1S/C40H60N6O6/c1-5-7-10-19-32(38(50)46-22-20-40(41,21-23-46)39(51)52)44-36(48)33(24-28(3)4)45-37(49)34(25-29-15-11-8-12-16-29)43-35(47)27-42-26-30(6-2)31-17-13-9-14-18-31/h8-9,11-18,28,30,32-34,42H,5-7,10,19-27,41H2,1-4H3,(H,43,47)(H,44,48)(H,45,49)(H,51,52)/t30?,32-,33-,34-/m1/s1. The van der Waals surface area contributed by atoms with E-state index < -0.39 is 41.4 Å². The number of aliphatic carboxylic acids is 1. The fourth-order valence-electron chi connectivity index (χ4n) is 6.55. The zero-order valence-electron chi connectivity index (χ0n) is 31.4. The molecular formula is C40H60N6O6. The van der Waals surface area contributed by atoms with Gasteiger partial charge < -0.3 is 37.0 Å². The Morgan fingerprint density at radius 2 is 1.42 bits per heavy atom. The second-order valence-corrected chi connectivity index (χ2v) is 14.5. The van der Waals surface area contributed by atoms with Crippen LogP contribution in [0.3, 0.4) is 0 Å². The predicted molar refractivity (Wildman–Crippen MR) is 202 cm³/mol. The summed E-state index contributed by atoms with van der Waals surface area (Å²) in [6, 6.07) is 16.7. The van der Waals surface area contributed by atoms with Gasteiger partial charge in [-0.05, 0) is 55.1 Å². The van der Waals surface area contributed by atoms with Gasteiger partial charge in [0, 0.05) is 26.1 Å². The summed E-state index contributed by atoms with van der Waals surface area (Å²) < 4.78 is 0. The Balaban J connectivity index is 1.72. The average molecular weight is 721 g/mol. The lowest BCUT2D eigenvalue weighted by molar-refractivity contribution is -0.148. The van der Waals surface area contributed by atoms with Crippen LogP contribution in [-0.4, -0.2) is 89.4 Å². The minimum atomic E-state index is -1.38. The molecule has 0 aliphatic carbocycles. The molecule has 2 aromatic rings. The van der Waals surface area contributed by atoms with Crippen molar-refractivity contribution in [2.24, 2.45) is 11.7 Å². The first-order chi connectivity index (χ1) is 24.9. The number of benzene rings is 2. The van der Waals surface area contributed by atoms with Crippen LogP contribution >= 0.6 is 0 Å². The molecule has 7 N–H and O–H groups in total. The van der Waals surface area contributed by atoms with Gasteiger partial charge in [0.05, 0.1) is 6.54 Å². The topological polar surface area (TPSA) is 183 Å². The van der Waals surface area contributed by atoms with Crippen molar-refractivity contribution < 1.29 is 29.1 Å². The van der Waals surface area contributed by atoms with Crippen LogP contribution in [0.25, 0.3) is 0 Å². The van der Waals surface area contributed by atoms with E-state index in [1.807, 2.05) is 69.3 Å². The van der Waals surface area contributed by atoms with Gasteiger partial charge in [0.2, 0.25) is 23.6 Å². The fourth-order valence-corrected chi connectivity index (χ4v) is 6.55. The number of carboxylic acids is 1. The summed E-state index contributed by atoms with van der Waals surface area (Å²) in [4.78, 5) is 68.0. The Hall–Kier alpha value is -4.29. The van der Waals surface area contributed by atoms with Crippen molar-refractivity contribution >= 4 is 29.6 Å². The molecule has 1 unspecified atom stereocenters. The van der Waals surface area contributed by atoms with Gasteiger partial charge in [-0.3, -0.25) is 24.0 Å². The third kappa shape index (κ3) is 13.4. The number of carbonyl (C=O) groups excluding carboxylic acids is 4. The van der Waals surface area contributed by atoms with E-state index in [1.54, 1.807) is 4.90 Å². The number of unbranched alkanes of at least 4 members (excludes halogenated alkanes) is 2. The molecule has 0 aromatic heterocycles. The average Bonchev–Trinajstić information content (AvgIpc) is 3.13. The number of hydrogen-bond acceptors (Lipinski definition) is 7. The lowest BCUT2D eigenvalue weighted by Gasteiger charge is -2.38. The number of amides is 4. The van der Waals surface area contributed by atoms with Crippen molar-refractivity contribution in [2.75, 3.05) is 26.2 Å². The van der Waals surface area contributed by atoms with Crippen LogP contribution in [0.2, 0.25) is 0 Å². The molecular weight excluding hydrogens is 660 g/mol. The number of rotatable bonds is 21. The van der Waals surface area contributed by atoms with Crippen molar-refractivity contribution in [1.29, 1.82) is 0 Å². The SMILES string of the molecule is CCCCC[C@@H](NC(=O)[C@@H](CC(C)C)NC(=O)[C@@H](Cc1ccccc1)NC(=O)CNCC(CC)c1ccccc1)C(=O)N1CCC(N)(C(=O)O)CC1. The molecule has 1 heterocycles. The van der Waals surface area contributed by atoms with E-state index in [-0.39, 0.29) is 62.5 Å². The van der Waals surface area contributed by atoms with Gasteiger partial charge in [-0.25, -0.2) is 0 Å². The molecule has 286 valence electrons. The monoisotopic (exact) mass is 720 g/mol. The number of piperidine rings is 1. The van der Waals surface area contributed by atoms with Gasteiger partial charge in [-0.15, -0.1) is 0 Å². The predicted octanol–water partition coefficient (Wildman–Crippen LogP) is 3.50. The Morgan fingerprint density at radius 1 is 0.827 bits per heavy atom. The molecule has 0 spiro atoms. The highest BCUT2D eigenvalue weighted by molar-refractivity contribution is 5.94. The van der Waals surface area contributed by atoms with Crippen LogP contribution in [0.15, 0.2) is 60.7 Å². The smallest absolute Gasteiger partial charge is 0.323 e. The highest BCUT2D eigenvalue weighted by atomic mass is 16.4. The molecule has 52 heavy (non-hydrogen) atoms. The largest absolute Gasteiger partial charge is 0.480 e. The summed E-state index contributed by atoms with van der Waals surface area (Å²) in [7, 11) is 0. The second kappa shape index (κ2) is 21.3. The Kier molecular flexibility index (Phi) is 17.2. The van der Waals surface area contributed by atoms with Crippen molar-refractivity contribution in [3.8, 4) is 0 Å². The number of likely N-dealkylation sites (tertiary alicyclic amines) is 1. The third-order valence-electron chi connectivity index (χ3n) is 9.82. The quantitative estimate of drug-likeness (QED) is 0.106. The molecule has 1 aliphatic heterocycles. The molecule has 0 radical (unpaired) electrons. The highest BCUT2D eigenvalue weighted by Gasteiger charge is 2.40. The molecule has 3 rings (SSSR count). The van der Waals surface area contributed by atoms with Gasteiger partial charge in [-0.1, -0.05) is 108 Å². The molecule has 1 saturated heterocycles. The van der Waals surface area contributed by atoms with Crippen LogP contribution in [-0.2, 0) is 30.4 Å². The molecule has 4 amide bonds. The summed E-state index contributed by atoms with van der Waals surface area (Å²) in [5.74, 6) is -2.42. The first kappa shape index (κ1) is 42.1. The van der Waals surface area contributed by atoms with Crippen LogP contribution in [0, 0.1) is 5.92 Å². The Bertz CT molecular complexity index is 1430. The summed E-state index contributed by atoms with van der Waals surface area (Å²) >= 11 is 0. The molecule has 0 saturated carbocycles. The molecule has 12 heteroatoms. The third-order valence-corrected chi connectivity index (χ3v) is 9.82. The zero-order valence-corrected chi connectivity index (χ0v) is 31.4. The van der Waals surface area contributed by atoms with E-state index in [1.165, 1.54) is 5.56 Å². The van der Waals surface area contributed by atoms with E-state index in [4.69, 9.17) is 5.73 Å². The van der Waals surface area contributed by atoms with Crippen molar-refractivity contribution in [2.45, 2.75) is 115 Å². The Labute approximate surface area is 309 Å². The summed E-state index contributed by atoms with van der Waals surface area (Å²) in [6.07, 6.45) is 4.59. The minimum Gasteiger partial charge on any atom is -0.480 e. The normalized spacial score (nSPS) is 16.3. The van der Waals surface area contributed by atoms with E-state index >= 15 is 0 Å². The fraction of sp³-hybridized carbons (Fsp3) is 0.575.